The van der Waals surface area contributed by atoms with Crippen LogP contribution in [0.15, 0.2) is 34.9 Å². The van der Waals surface area contributed by atoms with Crippen molar-refractivity contribution in [3.63, 3.8) is 0 Å². The highest BCUT2D eigenvalue weighted by atomic mass is 79.9. The van der Waals surface area contributed by atoms with Gasteiger partial charge in [-0.3, -0.25) is 4.79 Å². The molecule has 1 heterocycles. The molecule has 1 aromatic heterocycles. The molecule has 0 aliphatic rings. The molecule has 6 heteroatoms. The molecule has 2 aromatic rings. The van der Waals surface area contributed by atoms with Crippen LogP contribution in [0.2, 0.25) is 0 Å². The van der Waals surface area contributed by atoms with Crippen molar-refractivity contribution in [1.82, 2.24) is 15.3 Å². The molecule has 0 aliphatic heterocycles. The molecule has 0 aliphatic carbocycles. The van der Waals surface area contributed by atoms with Gasteiger partial charge in [-0.1, -0.05) is 28.1 Å². The smallest absolute Gasteiger partial charge is 0.220 e. The fourth-order valence-electron chi connectivity index (χ4n) is 1.84. The van der Waals surface area contributed by atoms with Gasteiger partial charge in [-0.25, -0.2) is 4.98 Å². The van der Waals surface area contributed by atoms with Crippen molar-refractivity contribution in [1.29, 1.82) is 0 Å². The average molecular weight is 337 g/mol. The molecule has 20 heavy (non-hydrogen) atoms. The van der Waals surface area contributed by atoms with Gasteiger partial charge >= 0.3 is 0 Å². The van der Waals surface area contributed by atoms with E-state index in [9.17, 15) is 4.79 Å². The monoisotopic (exact) mass is 336 g/mol. The van der Waals surface area contributed by atoms with Crippen LogP contribution in [0.3, 0.4) is 0 Å². The van der Waals surface area contributed by atoms with Gasteiger partial charge in [-0.05, 0) is 30.5 Å². The zero-order valence-corrected chi connectivity index (χ0v) is 12.6. The maximum atomic E-state index is 11.7. The highest BCUT2D eigenvalue weighted by Crippen LogP contribution is 2.10. The summed E-state index contributed by atoms with van der Waals surface area (Å²) in [5, 5.41) is 2.91. The van der Waals surface area contributed by atoms with E-state index in [0.717, 1.165) is 16.6 Å². The van der Waals surface area contributed by atoms with Gasteiger partial charge in [0.15, 0.2) is 5.95 Å². The Hall–Kier alpha value is -1.82. The number of halogens is 1. The fourth-order valence-corrected chi connectivity index (χ4v) is 2.10. The number of nitrogen functional groups attached to an aromatic ring is 1. The molecule has 5 nitrogen and oxygen atoms in total. The Kier molecular flexibility index (Phi) is 5.17. The number of nitrogens with two attached hydrogens (primary N) is 1. The number of aryl methyl sites for hydroxylation is 1. The summed E-state index contributed by atoms with van der Waals surface area (Å²) < 4.78 is 1.06. The zero-order chi connectivity index (χ0) is 14.4. The van der Waals surface area contributed by atoms with E-state index in [1.165, 1.54) is 5.56 Å². The van der Waals surface area contributed by atoms with E-state index >= 15 is 0 Å². The Labute approximate surface area is 126 Å². The van der Waals surface area contributed by atoms with Gasteiger partial charge in [0.1, 0.15) is 0 Å². The number of H-pyrrole nitrogens is 1. The lowest BCUT2D eigenvalue weighted by Crippen LogP contribution is -2.25. The summed E-state index contributed by atoms with van der Waals surface area (Å²) in [5.74, 6) is 0.422. The van der Waals surface area contributed by atoms with Crippen LogP contribution < -0.4 is 11.1 Å². The molecule has 2 rings (SSSR count). The van der Waals surface area contributed by atoms with Crippen molar-refractivity contribution < 1.29 is 4.79 Å². The molecule has 4 N–H and O–H groups in total. The number of rotatable bonds is 6. The molecular weight excluding hydrogens is 320 g/mol. The number of nitrogens with zero attached hydrogens (tertiary/aromatic N) is 1. The molecule has 0 atom stereocenters. The first-order valence-corrected chi connectivity index (χ1v) is 7.23. The van der Waals surface area contributed by atoms with Crippen molar-refractivity contribution in [2.45, 2.75) is 19.3 Å². The summed E-state index contributed by atoms with van der Waals surface area (Å²) in [6.07, 6.45) is 3.54. The number of anilines is 1. The Morgan fingerprint density at radius 3 is 2.70 bits per heavy atom. The van der Waals surface area contributed by atoms with Gasteiger partial charge in [0, 0.05) is 23.1 Å². The SMILES string of the molecule is Nc1ncc(CCC(=O)NCCc2ccc(Br)cc2)[nH]1. The van der Waals surface area contributed by atoms with Crippen LogP contribution in [0.4, 0.5) is 5.95 Å². The lowest BCUT2D eigenvalue weighted by Gasteiger charge is -2.05. The standard InChI is InChI=1S/C14H17BrN4O/c15-11-3-1-10(2-4-11)7-8-17-13(20)6-5-12-9-18-14(16)19-12/h1-4,9H,5-8H2,(H,17,20)(H3,16,18,19). The number of hydrogen-bond donors (Lipinski definition) is 3. The predicted octanol–water partition coefficient (Wildman–Crippen LogP) is 2.05. The third kappa shape index (κ3) is 4.70. The number of aromatic nitrogens is 2. The summed E-state index contributed by atoms with van der Waals surface area (Å²) >= 11 is 3.39. The first-order chi connectivity index (χ1) is 9.63. The second kappa shape index (κ2) is 7.09. The van der Waals surface area contributed by atoms with Crippen LogP contribution in [-0.4, -0.2) is 22.4 Å². The molecule has 0 radical (unpaired) electrons. The second-order valence-corrected chi connectivity index (χ2v) is 5.44. The van der Waals surface area contributed by atoms with Gasteiger partial charge in [0.2, 0.25) is 5.91 Å². The lowest BCUT2D eigenvalue weighted by atomic mass is 10.1. The third-order valence-corrected chi connectivity index (χ3v) is 3.45. The molecule has 0 unspecified atom stereocenters. The van der Waals surface area contributed by atoms with Crippen LogP contribution >= 0.6 is 15.9 Å². The third-order valence-electron chi connectivity index (χ3n) is 2.92. The van der Waals surface area contributed by atoms with Gasteiger partial charge in [0.25, 0.3) is 0 Å². The number of benzene rings is 1. The minimum absolute atomic E-state index is 0.0373. The number of hydrogen-bond acceptors (Lipinski definition) is 3. The summed E-state index contributed by atoms with van der Waals surface area (Å²) in [7, 11) is 0. The molecule has 0 spiro atoms. The summed E-state index contributed by atoms with van der Waals surface area (Å²) in [5.41, 5.74) is 7.55. The van der Waals surface area contributed by atoms with Gasteiger partial charge in [0.05, 0.1) is 6.20 Å². The van der Waals surface area contributed by atoms with Crippen LogP contribution in [-0.2, 0) is 17.6 Å². The Bertz CT molecular complexity index is 565. The molecule has 0 saturated carbocycles. The summed E-state index contributed by atoms with van der Waals surface area (Å²) in [6, 6.07) is 8.09. The van der Waals surface area contributed by atoms with Crippen LogP contribution in [0.1, 0.15) is 17.7 Å². The van der Waals surface area contributed by atoms with Gasteiger partial charge < -0.3 is 16.0 Å². The van der Waals surface area contributed by atoms with Crippen molar-refractivity contribution in [3.8, 4) is 0 Å². The fraction of sp³-hybridized carbons (Fsp3) is 0.286. The quantitative estimate of drug-likeness (QED) is 0.754. The van der Waals surface area contributed by atoms with Gasteiger partial charge in [-0.2, -0.15) is 0 Å². The highest BCUT2D eigenvalue weighted by Gasteiger charge is 2.04. The number of amides is 1. The van der Waals surface area contributed by atoms with Crippen LogP contribution in [0.5, 0.6) is 0 Å². The minimum Gasteiger partial charge on any atom is -0.369 e. The minimum atomic E-state index is 0.0373. The molecular formula is C14H17BrN4O. The topological polar surface area (TPSA) is 83.8 Å². The lowest BCUT2D eigenvalue weighted by molar-refractivity contribution is -0.121. The number of aromatic amines is 1. The van der Waals surface area contributed by atoms with E-state index in [2.05, 4.69) is 31.2 Å². The average Bonchev–Trinajstić information content (AvgIpc) is 2.85. The Morgan fingerprint density at radius 2 is 2.05 bits per heavy atom. The number of imidazole rings is 1. The van der Waals surface area contributed by atoms with Gasteiger partial charge in [-0.15, -0.1) is 0 Å². The van der Waals surface area contributed by atoms with Crippen molar-refractivity contribution in [3.05, 3.63) is 46.2 Å². The van der Waals surface area contributed by atoms with E-state index in [0.29, 0.717) is 25.3 Å². The highest BCUT2D eigenvalue weighted by molar-refractivity contribution is 9.10. The van der Waals surface area contributed by atoms with Crippen molar-refractivity contribution in [2.24, 2.45) is 0 Å². The molecule has 1 aromatic carbocycles. The van der Waals surface area contributed by atoms with E-state index in [1.54, 1.807) is 6.20 Å². The first kappa shape index (κ1) is 14.6. The molecule has 106 valence electrons. The normalized spacial score (nSPS) is 10.4. The van der Waals surface area contributed by atoms with E-state index in [4.69, 9.17) is 5.73 Å². The Balaban J connectivity index is 1.66. The van der Waals surface area contributed by atoms with E-state index in [1.807, 2.05) is 24.3 Å². The predicted molar refractivity (Wildman–Crippen MR) is 82.2 cm³/mol. The number of carbonyl (C=O) groups excluding carboxylic acids is 1. The molecule has 0 fully saturated rings. The van der Waals surface area contributed by atoms with Crippen LogP contribution in [0, 0.1) is 0 Å². The molecule has 1 amide bonds. The maximum absolute atomic E-state index is 11.7. The summed E-state index contributed by atoms with van der Waals surface area (Å²) in [4.78, 5) is 18.5. The summed E-state index contributed by atoms with van der Waals surface area (Å²) in [6.45, 7) is 0.644. The van der Waals surface area contributed by atoms with Crippen LogP contribution in [0.25, 0.3) is 0 Å². The number of carbonyl (C=O) groups is 1. The van der Waals surface area contributed by atoms with Crippen molar-refractivity contribution >= 4 is 27.8 Å². The first-order valence-electron chi connectivity index (χ1n) is 6.44. The van der Waals surface area contributed by atoms with E-state index in [-0.39, 0.29) is 5.91 Å². The van der Waals surface area contributed by atoms with Crippen molar-refractivity contribution in [2.75, 3.05) is 12.3 Å². The van der Waals surface area contributed by atoms with E-state index < -0.39 is 0 Å². The largest absolute Gasteiger partial charge is 0.369 e. The molecule has 0 saturated heterocycles. The zero-order valence-electron chi connectivity index (χ0n) is 11.0. The molecule has 0 bridgehead atoms. The number of nitrogens with one attached hydrogen (secondary N) is 2. The maximum Gasteiger partial charge on any atom is 0.220 e. The Morgan fingerprint density at radius 1 is 1.30 bits per heavy atom. The second-order valence-electron chi connectivity index (χ2n) is 4.52.